The standard InChI is InChI=1S/C18H25F2N3O2.ClH/c1-10(2)16(18(25)22-14-8-5-9-21-11(14)3)23-17(24)15-12(19)6-4-7-13(15)20;/h4,6-7,10-11,14,16,21H,5,8-9H2,1-3H3,(H,22,25)(H,23,24);1H. The number of hydrogen-bond acceptors (Lipinski definition) is 3. The highest BCUT2D eigenvalue weighted by Crippen LogP contribution is 2.14. The summed E-state index contributed by atoms with van der Waals surface area (Å²) < 4.78 is 27.5. The first-order valence-corrected chi connectivity index (χ1v) is 8.60. The summed E-state index contributed by atoms with van der Waals surface area (Å²) in [7, 11) is 0. The van der Waals surface area contributed by atoms with Crippen LogP contribution in [-0.2, 0) is 4.79 Å². The molecule has 1 aromatic carbocycles. The minimum atomic E-state index is -0.953. The molecule has 1 aromatic rings. The molecule has 0 aliphatic carbocycles. The molecule has 3 unspecified atom stereocenters. The normalized spacial score (nSPS) is 20.8. The zero-order valence-corrected chi connectivity index (χ0v) is 16.0. The van der Waals surface area contributed by atoms with Crippen LogP contribution in [0.2, 0.25) is 0 Å². The van der Waals surface area contributed by atoms with Crippen LogP contribution >= 0.6 is 12.4 Å². The van der Waals surface area contributed by atoms with Crippen molar-refractivity contribution in [1.29, 1.82) is 0 Å². The molecular weight excluding hydrogens is 364 g/mol. The second-order valence-electron chi connectivity index (χ2n) is 6.79. The molecule has 3 atom stereocenters. The highest BCUT2D eigenvalue weighted by atomic mass is 35.5. The Bertz CT molecular complexity index is 623. The third kappa shape index (κ3) is 5.38. The summed E-state index contributed by atoms with van der Waals surface area (Å²) in [4.78, 5) is 24.9. The molecule has 1 saturated heterocycles. The van der Waals surface area contributed by atoms with Gasteiger partial charge >= 0.3 is 0 Å². The number of amides is 2. The van der Waals surface area contributed by atoms with E-state index in [0.717, 1.165) is 31.5 Å². The lowest BCUT2D eigenvalue weighted by molar-refractivity contribution is -0.125. The first-order chi connectivity index (χ1) is 11.8. The average Bonchev–Trinajstić information content (AvgIpc) is 2.54. The first kappa shape index (κ1) is 22.3. The summed E-state index contributed by atoms with van der Waals surface area (Å²) in [6, 6.07) is 2.43. The quantitative estimate of drug-likeness (QED) is 0.724. The minimum absolute atomic E-state index is 0. The van der Waals surface area contributed by atoms with Gasteiger partial charge in [0.15, 0.2) is 0 Å². The largest absolute Gasteiger partial charge is 0.350 e. The van der Waals surface area contributed by atoms with E-state index in [1.165, 1.54) is 6.07 Å². The molecule has 5 nitrogen and oxygen atoms in total. The number of nitrogens with one attached hydrogen (secondary N) is 3. The molecule has 2 amide bonds. The van der Waals surface area contributed by atoms with Crippen molar-refractivity contribution in [3.05, 3.63) is 35.4 Å². The van der Waals surface area contributed by atoms with Crippen LogP contribution in [0.4, 0.5) is 8.78 Å². The van der Waals surface area contributed by atoms with Crippen molar-refractivity contribution < 1.29 is 18.4 Å². The van der Waals surface area contributed by atoms with Crippen LogP contribution in [0.1, 0.15) is 44.0 Å². The fraction of sp³-hybridized carbons (Fsp3) is 0.556. The Labute approximate surface area is 158 Å². The molecule has 3 N–H and O–H groups in total. The van der Waals surface area contributed by atoms with E-state index >= 15 is 0 Å². The molecule has 1 aliphatic rings. The van der Waals surface area contributed by atoms with Crippen molar-refractivity contribution >= 4 is 24.2 Å². The van der Waals surface area contributed by atoms with Crippen molar-refractivity contribution in [3.63, 3.8) is 0 Å². The van der Waals surface area contributed by atoms with E-state index < -0.39 is 29.1 Å². The lowest BCUT2D eigenvalue weighted by Crippen LogP contribution is -2.57. The van der Waals surface area contributed by atoms with Crippen LogP contribution in [0.5, 0.6) is 0 Å². The molecule has 1 fully saturated rings. The summed E-state index contributed by atoms with van der Waals surface area (Å²) in [5.74, 6) is -3.42. The Morgan fingerprint density at radius 3 is 2.38 bits per heavy atom. The van der Waals surface area contributed by atoms with Crippen LogP contribution in [0.15, 0.2) is 18.2 Å². The third-order valence-electron chi connectivity index (χ3n) is 4.51. The lowest BCUT2D eigenvalue weighted by atomic mass is 9.97. The summed E-state index contributed by atoms with van der Waals surface area (Å²) >= 11 is 0. The zero-order chi connectivity index (χ0) is 18.6. The molecule has 146 valence electrons. The number of hydrogen-bond donors (Lipinski definition) is 3. The third-order valence-corrected chi connectivity index (χ3v) is 4.51. The highest BCUT2D eigenvalue weighted by molar-refractivity contribution is 5.98. The van der Waals surface area contributed by atoms with Gasteiger partial charge in [0, 0.05) is 12.1 Å². The minimum Gasteiger partial charge on any atom is -0.350 e. The number of carbonyl (C=O) groups is 2. The van der Waals surface area contributed by atoms with Gasteiger partial charge in [0.05, 0.1) is 0 Å². The number of benzene rings is 1. The van der Waals surface area contributed by atoms with E-state index in [0.29, 0.717) is 0 Å². The molecule has 0 bridgehead atoms. The second-order valence-corrected chi connectivity index (χ2v) is 6.79. The lowest BCUT2D eigenvalue weighted by Gasteiger charge is -2.32. The summed E-state index contributed by atoms with van der Waals surface area (Å²) in [5, 5.41) is 8.69. The van der Waals surface area contributed by atoms with Crippen LogP contribution in [0.3, 0.4) is 0 Å². The molecule has 8 heteroatoms. The molecule has 0 saturated carbocycles. The van der Waals surface area contributed by atoms with Gasteiger partial charge in [-0.05, 0) is 44.4 Å². The van der Waals surface area contributed by atoms with Crippen LogP contribution in [0, 0.1) is 17.6 Å². The molecule has 1 heterocycles. The Morgan fingerprint density at radius 2 is 1.85 bits per heavy atom. The van der Waals surface area contributed by atoms with Gasteiger partial charge < -0.3 is 16.0 Å². The molecule has 0 spiro atoms. The number of piperidine rings is 1. The van der Waals surface area contributed by atoms with Gasteiger partial charge in [-0.25, -0.2) is 8.78 Å². The molecular formula is C18H26ClF2N3O2. The van der Waals surface area contributed by atoms with Gasteiger partial charge in [0.2, 0.25) is 5.91 Å². The Kier molecular flexibility index (Phi) is 8.43. The fourth-order valence-corrected chi connectivity index (χ4v) is 2.98. The second kappa shape index (κ2) is 9.83. The number of carbonyl (C=O) groups excluding carboxylic acids is 2. The van der Waals surface area contributed by atoms with Gasteiger partial charge in [0.1, 0.15) is 23.2 Å². The van der Waals surface area contributed by atoms with E-state index in [1.54, 1.807) is 13.8 Å². The van der Waals surface area contributed by atoms with Crippen LogP contribution < -0.4 is 16.0 Å². The van der Waals surface area contributed by atoms with E-state index in [4.69, 9.17) is 0 Å². The highest BCUT2D eigenvalue weighted by Gasteiger charge is 2.30. The average molecular weight is 390 g/mol. The van der Waals surface area contributed by atoms with Crippen LogP contribution in [0.25, 0.3) is 0 Å². The summed E-state index contributed by atoms with van der Waals surface area (Å²) in [6.45, 7) is 6.43. The fourth-order valence-electron chi connectivity index (χ4n) is 2.98. The van der Waals surface area contributed by atoms with E-state index in [2.05, 4.69) is 16.0 Å². The topological polar surface area (TPSA) is 70.2 Å². The predicted molar refractivity (Wildman–Crippen MR) is 98.3 cm³/mol. The number of rotatable bonds is 5. The van der Waals surface area contributed by atoms with Gasteiger partial charge in [-0.2, -0.15) is 0 Å². The maximum absolute atomic E-state index is 13.8. The van der Waals surface area contributed by atoms with E-state index in [1.807, 2.05) is 6.92 Å². The maximum atomic E-state index is 13.8. The van der Waals surface area contributed by atoms with E-state index in [-0.39, 0.29) is 36.3 Å². The predicted octanol–water partition coefficient (Wildman–Crippen LogP) is 2.40. The van der Waals surface area contributed by atoms with Gasteiger partial charge in [-0.3, -0.25) is 9.59 Å². The number of halogens is 3. The molecule has 0 aromatic heterocycles. The summed E-state index contributed by atoms with van der Waals surface area (Å²) in [6.07, 6.45) is 1.80. The van der Waals surface area contributed by atoms with Crippen LogP contribution in [-0.4, -0.2) is 36.5 Å². The van der Waals surface area contributed by atoms with Gasteiger partial charge in [0.25, 0.3) is 5.91 Å². The zero-order valence-electron chi connectivity index (χ0n) is 15.1. The smallest absolute Gasteiger partial charge is 0.257 e. The Morgan fingerprint density at radius 1 is 1.23 bits per heavy atom. The van der Waals surface area contributed by atoms with Crippen molar-refractivity contribution in [1.82, 2.24) is 16.0 Å². The van der Waals surface area contributed by atoms with Gasteiger partial charge in [-0.15, -0.1) is 12.4 Å². The monoisotopic (exact) mass is 389 g/mol. The van der Waals surface area contributed by atoms with Gasteiger partial charge in [-0.1, -0.05) is 19.9 Å². The molecule has 2 rings (SSSR count). The molecule has 1 aliphatic heterocycles. The van der Waals surface area contributed by atoms with Crippen molar-refractivity contribution in [2.45, 2.75) is 51.7 Å². The Balaban J connectivity index is 0.00000338. The van der Waals surface area contributed by atoms with Crippen molar-refractivity contribution in [2.24, 2.45) is 5.92 Å². The molecule has 0 radical (unpaired) electrons. The SMILES string of the molecule is CC(C)C(NC(=O)c1c(F)cccc1F)C(=O)NC1CCCNC1C.Cl. The van der Waals surface area contributed by atoms with Crippen molar-refractivity contribution in [2.75, 3.05) is 6.54 Å². The summed E-state index contributed by atoms with van der Waals surface area (Å²) in [5.41, 5.74) is -0.673. The van der Waals surface area contributed by atoms with E-state index in [9.17, 15) is 18.4 Å². The first-order valence-electron chi connectivity index (χ1n) is 8.60. The van der Waals surface area contributed by atoms with Crippen molar-refractivity contribution in [3.8, 4) is 0 Å². The maximum Gasteiger partial charge on any atom is 0.257 e. The Hall–Kier alpha value is -1.73. The molecule has 26 heavy (non-hydrogen) atoms.